The first-order valence-electron chi connectivity index (χ1n) is 8.54. The number of ether oxygens (including phenoxy) is 3. The van der Waals surface area contributed by atoms with Crippen LogP contribution >= 0.6 is 0 Å². The van der Waals surface area contributed by atoms with Gasteiger partial charge in [0.25, 0.3) is 5.16 Å². The Kier molecular flexibility index (Phi) is 7.23. The fourth-order valence-corrected chi connectivity index (χ4v) is 2.72. The fourth-order valence-electron chi connectivity index (χ4n) is 2.22. The SMILES string of the molecule is CCOC(=O)COc1nc(S(C)(=O)=O)nc(Oc2ccc(C#N)c(C(N)=O)c2)c1[N+](=O)[O-]. The van der Waals surface area contributed by atoms with E-state index < -0.39 is 55.8 Å². The number of nitrogens with zero attached hydrogens (tertiary/aromatic N) is 4. The number of nitro groups is 1. The van der Waals surface area contributed by atoms with Crippen LogP contribution in [0.2, 0.25) is 0 Å². The lowest BCUT2D eigenvalue weighted by atomic mass is 10.1. The summed E-state index contributed by atoms with van der Waals surface area (Å²) in [7, 11) is -4.10. The van der Waals surface area contributed by atoms with Gasteiger partial charge >= 0.3 is 23.4 Å². The average molecular weight is 465 g/mol. The third kappa shape index (κ3) is 5.64. The van der Waals surface area contributed by atoms with Crippen LogP contribution in [0.25, 0.3) is 0 Å². The van der Waals surface area contributed by atoms with Gasteiger partial charge in [0.2, 0.25) is 15.7 Å². The highest BCUT2D eigenvalue weighted by Crippen LogP contribution is 2.37. The van der Waals surface area contributed by atoms with Crippen LogP contribution in [-0.2, 0) is 19.4 Å². The minimum atomic E-state index is -4.10. The van der Waals surface area contributed by atoms with Gasteiger partial charge in [-0.15, -0.1) is 0 Å². The maximum absolute atomic E-state index is 11.9. The van der Waals surface area contributed by atoms with Crippen molar-refractivity contribution in [2.24, 2.45) is 5.73 Å². The third-order valence-electron chi connectivity index (χ3n) is 3.54. The van der Waals surface area contributed by atoms with Gasteiger partial charge in [0, 0.05) is 6.26 Å². The molecular formula is C17H15N5O9S. The number of nitriles is 1. The molecule has 0 bridgehead atoms. The molecule has 1 aromatic heterocycles. The minimum Gasteiger partial charge on any atom is -0.463 e. The highest BCUT2D eigenvalue weighted by atomic mass is 32.2. The molecule has 0 saturated heterocycles. The van der Waals surface area contributed by atoms with E-state index in [0.717, 1.165) is 18.4 Å². The predicted octanol–water partition coefficient (Wildman–Crippen LogP) is 0.493. The van der Waals surface area contributed by atoms with Crippen LogP contribution in [0.4, 0.5) is 5.69 Å². The molecule has 0 spiro atoms. The van der Waals surface area contributed by atoms with Crippen molar-refractivity contribution in [3.8, 4) is 23.6 Å². The number of benzene rings is 1. The molecule has 0 unspecified atom stereocenters. The minimum absolute atomic E-state index is 0.0118. The zero-order chi connectivity index (χ0) is 24.1. The number of hydrogen-bond acceptors (Lipinski definition) is 12. The molecule has 0 saturated carbocycles. The molecule has 15 heteroatoms. The van der Waals surface area contributed by atoms with Crippen LogP contribution in [0.15, 0.2) is 23.4 Å². The number of carbonyl (C=O) groups excluding carboxylic acids is 2. The Morgan fingerprint density at radius 2 is 1.94 bits per heavy atom. The number of hydrogen-bond donors (Lipinski definition) is 1. The van der Waals surface area contributed by atoms with E-state index in [4.69, 9.17) is 20.5 Å². The molecule has 168 valence electrons. The van der Waals surface area contributed by atoms with Gasteiger partial charge in [0.1, 0.15) is 5.75 Å². The summed E-state index contributed by atoms with van der Waals surface area (Å²) in [6, 6.07) is 5.10. The maximum Gasteiger partial charge on any atom is 0.392 e. The van der Waals surface area contributed by atoms with E-state index in [-0.39, 0.29) is 23.5 Å². The molecule has 1 aromatic carbocycles. The van der Waals surface area contributed by atoms with Crippen molar-refractivity contribution in [2.75, 3.05) is 19.5 Å². The molecule has 0 atom stereocenters. The molecule has 2 aromatic rings. The summed E-state index contributed by atoms with van der Waals surface area (Å²) in [6.45, 7) is 0.728. The van der Waals surface area contributed by atoms with Crippen molar-refractivity contribution < 1.29 is 37.1 Å². The third-order valence-corrected chi connectivity index (χ3v) is 4.38. The molecule has 0 aliphatic carbocycles. The van der Waals surface area contributed by atoms with Crippen molar-refractivity contribution in [2.45, 2.75) is 12.1 Å². The lowest BCUT2D eigenvalue weighted by Gasteiger charge is -2.11. The van der Waals surface area contributed by atoms with Crippen LogP contribution in [0, 0.1) is 21.4 Å². The molecule has 2 rings (SSSR count). The van der Waals surface area contributed by atoms with E-state index in [1.165, 1.54) is 13.0 Å². The summed E-state index contributed by atoms with van der Waals surface area (Å²) < 4.78 is 38.9. The smallest absolute Gasteiger partial charge is 0.392 e. The number of sulfone groups is 1. The van der Waals surface area contributed by atoms with Crippen molar-refractivity contribution >= 4 is 27.4 Å². The summed E-state index contributed by atoms with van der Waals surface area (Å²) >= 11 is 0. The number of amides is 1. The normalized spacial score (nSPS) is 10.7. The molecule has 1 amide bonds. The second-order valence-corrected chi connectivity index (χ2v) is 7.78. The van der Waals surface area contributed by atoms with E-state index in [1.807, 2.05) is 0 Å². The molecule has 32 heavy (non-hydrogen) atoms. The first-order valence-corrected chi connectivity index (χ1v) is 10.4. The van der Waals surface area contributed by atoms with Gasteiger partial charge in [-0.25, -0.2) is 13.2 Å². The number of nitrogens with two attached hydrogens (primary N) is 1. The van der Waals surface area contributed by atoms with Crippen LogP contribution in [0.1, 0.15) is 22.8 Å². The molecule has 0 radical (unpaired) electrons. The molecule has 0 aliphatic rings. The summed E-state index contributed by atoms with van der Waals surface area (Å²) in [5.41, 5.74) is 3.88. The van der Waals surface area contributed by atoms with Gasteiger partial charge in [-0.3, -0.25) is 14.9 Å². The maximum atomic E-state index is 11.9. The summed E-state index contributed by atoms with van der Waals surface area (Å²) in [6.07, 6.45) is 0.736. The van der Waals surface area contributed by atoms with Gasteiger partial charge in [0.05, 0.1) is 28.7 Å². The molecule has 0 fully saturated rings. The van der Waals surface area contributed by atoms with Gasteiger partial charge in [-0.2, -0.15) is 15.2 Å². The van der Waals surface area contributed by atoms with Gasteiger partial charge in [-0.1, -0.05) is 0 Å². The van der Waals surface area contributed by atoms with Gasteiger partial charge in [0.15, 0.2) is 6.61 Å². The summed E-state index contributed by atoms with van der Waals surface area (Å²) in [5.74, 6) is -3.81. The Labute approximate surface area is 180 Å². The number of primary amides is 1. The molecule has 2 N–H and O–H groups in total. The van der Waals surface area contributed by atoms with Gasteiger partial charge < -0.3 is 19.9 Å². The molecule has 14 nitrogen and oxygen atoms in total. The lowest BCUT2D eigenvalue weighted by Crippen LogP contribution is -2.17. The number of aromatic nitrogens is 2. The first-order chi connectivity index (χ1) is 15.0. The highest BCUT2D eigenvalue weighted by molar-refractivity contribution is 7.90. The molecule has 0 aliphatic heterocycles. The van der Waals surface area contributed by atoms with Crippen LogP contribution in [-0.4, -0.2) is 54.7 Å². The van der Waals surface area contributed by atoms with Crippen molar-refractivity contribution in [3.05, 3.63) is 39.4 Å². The molecule has 1 heterocycles. The number of rotatable bonds is 9. The number of carbonyl (C=O) groups is 2. The van der Waals surface area contributed by atoms with Crippen LogP contribution in [0.5, 0.6) is 17.5 Å². The quantitative estimate of drug-likeness (QED) is 0.232. The lowest BCUT2D eigenvalue weighted by molar-refractivity contribution is -0.387. The second-order valence-electron chi connectivity index (χ2n) is 5.87. The van der Waals surface area contributed by atoms with E-state index >= 15 is 0 Å². The Morgan fingerprint density at radius 1 is 1.28 bits per heavy atom. The number of esters is 1. The van der Waals surface area contributed by atoms with Crippen molar-refractivity contribution in [1.82, 2.24) is 9.97 Å². The first kappa shape index (κ1) is 24.0. The zero-order valence-corrected chi connectivity index (χ0v) is 17.4. The highest BCUT2D eigenvalue weighted by Gasteiger charge is 2.32. The zero-order valence-electron chi connectivity index (χ0n) is 16.6. The van der Waals surface area contributed by atoms with Crippen molar-refractivity contribution in [3.63, 3.8) is 0 Å². The summed E-state index contributed by atoms with van der Waals surface area (Å²) in [5, 5.41) is 19.8. The van der Waals surface area contributed by atoms with Gasteiger partial charge in [-0.05, 0) is 25.1 Å². The standard InChI is InChI=1S/C17H15N5O9S/c1-3-29-12(23)8-30-15-13(22(25)26)16(21-17(20-15)32(2,27)28)31-10-5-4-9(7-18)11(6-10)14(19)24/h4-6H,3,8H2,1-2H3,(H2,19,24). The Bertz CT molecular complexity index is 1240. The topological polar surface area (TPSA) is 215 Å². The van der Waals surface area contributed by atoms with Crippen molar-refractivity contribution in [1.29, 1.82) is 5.26 Å². The van der Waals surface area contributed by atoms with E-state index in [0.29, 0.717) is 0 Å². The Balaban J connectivity index is 2.62. The average Bonchev–Trinajstić information content (AvgIpc) is 2.71. The predicted molar refractivity (Wildman–Crippen MR) is 104 cm³/mol. The largest absolute Gasteiger partial charge is 0.463 e. The van der Waals surface area contributed by atoms with E-state index in [2.05, 4.69) is 14.7 Å². The fraction of sp³-hybridized carbons (Fsp3) is 0.235. The van der Waals surface area contributed by atoms with E-state index in [1.54, 1.807) is 6.07 Å². The second kappa shape index (κ2) is 9.66. The van der Waals surface area contributed by atoms with Crippen LogP contribution in [0.3, 0.4) is 0 Å². The van der Waals surface area contributed by atoms with Crippen LogP contribution < -0.4 is 15.2 Å². The van der Waals surface area contributed by atoms with E-state index in [9.17, 15) is 28.1 Å². The summed E-state index contributed by atoms with van der Waals surface area (Å²) in [4.78, 5) is 40.8. The Hall–Kier alpha value is -4.32. The monoisotopic (exact) mass is 465 g/mol. The molecular weight excluding hydrogens is 450 g/mol. The Morgan fingerprint density at radius 3 is 2.47 bits per heavy atom.